The Bertz CT molecular complexity index is 2200. The van der Waals surface area contributed by atoms with Gasteiger partial charge in [-0.1, -0.05) is 6.92 Å². The quantitative estimate of drug-likeness (QED) is 0.0155. The number of phosphoric ester groups is 6. The summed E-state index contributed by atoms with van der Waals surface area (Å²) in [7, 11) is -23.1. The third-order valence-electron chi connectivity index (χ3n) is 11.9. The van der Waals surface area contributed by atoms with E-state index in [-0.39, 0.29) is 6.42 Å². The first kappa shape index (κ1) is 74.8. The standard InChI is InChI=1S/C32H72B6O36P6/c1-6-15-24(21(42)30(36)63-15)73-79(53,54)61-10-19(67-28(34)13(3)40)70-77(49,50)59-8-17-26(23(44)32(38)65-17)74-80(55,56)62-11-20(68-29(35)14(4)41)71-78(51,52)60-9-18(66-27(33)12(2)39)69-76(47,48)58-7-16-25(22(43)31(37)64-16)72-75(45,46)57-5/h12-32,39-44H,6-11,33-38H2,1-5H3,(H,45,46)(H,47,48)(H,49,50)(H,51,52)(H,53,54)(H,55,56)/t12-,13-,14-,15+,16+,17+,18?,19?,20?,21-,22-,23-,24?,25?,26?,27+,28+,29+,30+,31+,32+/m0/s1. The molecule has 0 aliphatic carbocycles. The molecule has 36 nitrogen and oxygen atoms in total. The normalized spacial score (nSPS) is 34.5. The van der Waals surface area contributed by atoms with Crippen molar-refractivity contribution in [3.63, 3.8) is 0 Å². The Morgan fingerprint density at radius 2 is 0.713 bits per heavy atom. The molecule has 3 heterocycles. The number of aliphatic hydroxyl groups excluding tert-OH is 6. The van der Waals surface area contributed by atoms with Gasteiger partial charge in [0.25, 0.3) is 0 Å². The summed E-state index contributed by atoms with van der Waals surface area (Å²) in [6.07, 6.45) is -23.8. The number of hydrogen-bond donors (Lipinski definition) is 12. The molecule has 0 amide bonds. The molecular formula is C32H72B6O36P6. The molecule has 0 radical (unpaired) electrons. The van der Waals surface area contributed by atoms with E-state index in [2.05, 4.69) is 4.52 Å². The van der Waals surface area contributed by atoms with Gasteiger partial charge in [0.1, 0.15) is 116 Å². The Balaban J connectivity index is 1.71. The van der Waals surface area contributed by atoms with Gasteiger partial charge in [-0.25, -0.2) is 27.4 Å². The Labute approximate surface area is 465 Å². The second kappa shape index (κ2) is 32.2. The summed E-state index contributed by atoms with van der Waals surface area (Å²) >= 11 is 0. The molecule has 464 valence electrons. The van der Waals surface area contributed by atoms with Crippen molar-refractivity contribution >= 4 is 94.0 Å². The molecule has 27 atom stereocenters. The molecule has 0 bridgehead atoms. The van der Waals surface area contributed by atoms with Gasteiger partial charge in [-0.2, -0.15) is 0 Å². The highest BCUT2D eigenvalue weighted by Crippen LogP contribution is 2.54. The van der Waals surface area contributed by atoms with Crippen molar-refractivity contribution in [1.29, 1.82) is 0 Å². The van der Waals surface area contributed by atoms with Gasteiger partial charge >= 0.3 is 46.9 Å². The summed E-state index contributed by atoms with van der Waals surface area (Å²) < 4.78 is 170. The van der Waals surface area contributed by atoms with Gasteiger partial charge in [0, 0.05) is 7.11 Å². The Kier molecular flexibility index (Phi) is 30.1. The van der Waals surface area contributed by atoms with Crippen LogP contribution in [0.3, 0.4) is 0 Å². The van der Waals surface area contributed by atoms with Gasteiger partial charge < -0.3 is 88.4 Å². The number of rotatable bonds is 38. The Hall–Kier alpha value is 0.570. The first-order chi connectivity index (χ1) is 36.6. The monoisotopic (exact) mass is 1280 g/mol. The average Bonchev–Trinajstić information content (AvgIpc) is 3.88. The molecule has 3 aliphatic rings. The van der Waals surface area contributed by atoms with Crippen molar-refractivity contribution in [1.82, 2.24) is 0 Å². The molecule has 12 unspecified atom stereocenters. The van der Waals surface area contributed by atoms with Gasteiger partial charge in [0.05, 0.1) is 73.6 Å². The van der Waals surface area contributed by atoms with Crippen molar-refractivity contribution in [3.8, 4) is 0 Å². The summed E-state index contributed by atoms with van der Waals surface area (Å²) in [5, 5.41) is 61.8. The minimum Gasteiger partial charge on any atom is -0.392 e. The summed E-state index contributed by atoms with van der Waals surface area (Å²) in [6.45, 7) is -0.443. The van der Waals surface area contributed by atoms with Gasteiger partial charge in [-0.05, 0) is 27.2 Å². The zero-order valence-electron chi connectivity index (χ0n) is 45.2. The lowest BCUT2D eigenvalue weighted by Crippen LogP contribution is -2.38. The minimum absolute atomic E-state index is 0.264. The minimum atomic E-state index is -5.59. The van der Waals surface area contributed by atoms with E-state index >= 15 is 0 Å². The number of phosphoric acid groups is 6. The van der Waals surface area contributed by atoms with Gasteiger partial charge in [-0.3, -0.25) is 54.3 Å². The molecule has 0 aromatic carbocycles. The van der Waals surface area contributed by atoms with Crippen LogP contribution in [0.5, 0.6) is 0 Å². The van der Waals surface area contributed by atoms with Crippen LogP contribution >= 0.6 is 46.9 Å². The number of ether oxygens (including phenoxy) is 6. The molecule has 48 heteroatoms. The molecule has 3 rings (SSSR count). The van der Waals surface area contributed by atoms with Gasteiger partial charge in [0.15, 0.2) is 18.9 Å². The van der Waals surface area contributed by atoms with E-state index in [1.165, 1.54) is 67.8 Å². The maximum absolute atomic E-state index is 13.4. The largest absolute Gasteiger partial charge is 0.474 e. The van der Waals surface area contributed by atoms with Gasteiger partial charge in [-0.15, -0.1) is 0 Å². The van der Waals surface area contributed by atoms with E-state index in [0.29, 0.717) is 0 Å². The fourth-order valence-electron chi connectivity index (χ4n) is 7.00. The lowest BCUT2D eigenvalue weighted by Gasteiger charge is -2.29. The van der Waals surface area contributed by atoms with Crippen LogP contribution in [0.2, 0.25) is 0 Å². The van der Waals surface area contributed by atoms with Crippen LogP contribution < -0.4 is 0 Å². The smallest absolute Gasteiger partial charge is 0.392 e. The van der Waals surface area contributed by atoms with E-state index < -0.39 is 208 Å². The molecule has 3 saturated heterocycles. The third kappa shape index (κ3) is 25.0. The third-order valence-corrected chi connectivity index (χ3v) is 17.8. The molecule has 3 aliphatic heterocycles. The zero-order valence-corrected chi connectivity index (χ0v) is 50.6. The highest BCUT2D eigenvalue weighted by Gasteiger charge is 2.50. The van der Waals surface area contributed by atoms with Crippen molar-refractivity contribution < 1.29 is 170 Å². The fourth-order valence-corrected chi connectivity index (χ4v) is 11.9. The lowest BCUT2D eigenvalue weighted by atomic mass is 9.93. The van der Waals surface area contributed by atoms with E-state index in [9.17, 15) is 87.4 Å². The Morgan fingerprint density at radius 3 is 1.00 bits per heavy atom. The SMILES string of the molecule is B[C@H](OC(COP(=O)(O)OC(COP(=O)(O)OC1[C@@H](COP(=O)(O)OC(COP(=O)(O)OC2[C@@H](CC)O[C@@H](B)[C@H]2O)O[C@@H](B)[C@H](C)O)O[C@@H](B)[C@H]1O)O[C@@H](B)[C@H](C)O)OP(=O)(O)OC[C@H]1O[C@@H](B)[C@@H](O)C1OP(=O)(O)OC)[C@H](C)O. The second-order valence-corrected chi connectivity index (χ2v) is 27.1. The highest BCUT2D eigenvalue weighted by atomic mass is 31.2. The van der Waals surface area contributed by atoms with E-state index in [0.717, 1.165) is 7.11 Å². The highest BCUT2D eigenvalue weighted by molar-refractivity contribution is 7.48. The molecule has 12 N–H and O–H groups in total. The summed E-state index contributed by atoms with van der Waals surface area (Å²) in [5.74, 6) is 0. The van der Waals surface area contributed by atoms with Crippen molar-refractivity contribution in [3.05, 3.63) is 0 Å². The van der Waals surface area contributed by atoms with Crippen molar-refractivity contribution in [2.45, 2.75) is 162 Å². The van der Waals surface area contributed by atoms with Crippen LogP contribution in [0.25, 0.3) is 0 Å². The number of aliphatic hydroxyl groups is 6. The van der Waals surface area contributed by atoms with Crippen molar-refractivity contribution in [2.75, 3.05) is 40.1 Å². The first-order valence-corrected chi connectivity index (χ1v) is 33.5. The topological polar surface area (TPSA) is 511 Å². The lowest BCUT2D eigenvalue weighted by molar-refractivity contribution is -0.163. The second-order valence-electron chi connectivity index (χ2n) is 18.6. The van der Waals surface area contributed by atoms with Crippen molar-refractivity contribution in [2.24, 2.45) is 0 Å². The average molecular weight is 1280 g/mol. The predicted molar refractivity (Wildman–Crippen MR) is 280 cm³/mol. The zero-order chi connectivity index (χ0) is 61.1. The van der Waals surface area contributed by atoms with Crippen LogP contribution in [-0.2, 0) is 110 Å². The van der Waals surface area contributed by atoms with E-state index in [1.807, 2.05) is 0 Å². The molecule has 0 aromatic heterocycles. The predicted octanol–water partition coefficient (Wildman–Crippen LogP) is -7.86. The molecule has 80 heavy (non-hydrogen) atoms. The summed E-state index contributed by atoms with van der Waals surface area (Å²) in [4.78, 5) is 63.1. The molecule has 0 saturated carbocycles. The van der Waals surface area contributed by atoms with Crippen LogP contribution in [0, 0.1) is 0 Å². The fraction of sp³-hybridized carbons (Fsp3) is 1.00. The van der Waals surface area contributed by atoms with E-state index in [1.54, 1.807) is 6.92 Å². The maximum Gasteiger partial charge on any atom is 0.474 e. The molecular weight excluding hydrogens is 1210 g/mol. The Morgan fingerprint density at radius 1 is 0.450 bits per heavy atom. The van der Waals surface area contributed by atoms with Gasteiger partial charge in [0.2, 0.25) is 0 Å². The first-order valence-electron chi connectivity index (χ1n) is 24.5. The summed E-state index contributed by atoms with van der Waals surface area (Å²) in [5.41, 5.74) is 0. The maximum atomic E-state index is 13.4. The molecule has 0 aromatic rings. The molecule has 3 fully saturated rings. The summed E-state index contributed by atoms with van der Waals surface area (Å²) in [6, 6.07) is -6.82. The van der Waals surface area contributed by atoms with Crippen LogP contribution in [-0.4, -0.2) is 275 Å². The van der Waals surface area contributed by atoms with E-state index in [4.69, 9.17) is 78.2 Å². The van der Waals surface area contributed by atoms with Crippen LogP contribution in [0.1, 0.15) is 34.1 Å². The molecule has 0 spiro atoms. The van der Waals surface area contributed by atoms with Crippen LogP contribution in [0.15, 0.2) is 0 Å². The number of hydrogen-bond acceptors (Lipinski definition) is 30. The van der Waals surface area contributed by atoms with Crippen LogP contribution in [0.4, 0.5) is 0 Å².